The van der Waals surface area contributed by atoms with Crippen molar-refractivity contribution in [3.8, 4) is 5.75 Å². The van der Waals surface area contributed by atoms with Crippen molar-refractivity contribution < 1.29 is 9.53 Å². The molecular formula is C16H21NO2. The Hall–Kier alpha value is -1.51. The standard InChI is InChI=1S/C16H21NO2/c1-19-12-5-2-4-11(10-12)13-8-9-17-16(18)15-7-3-6-14(13)15/h2,4-5,10,13-15H,3,6-9H2,1H3,(H,17,18). The second-order valence-corrected chi connectivity index (χ2v) is 5.66. The molecule has 3 heteroatoms. The monoisotopic (exact) mass is 259 g/mol. The summed E-state index contributed by atoms with van der Waals surface area (Å²) in [5, 5.41) is 3.07. The second-order valence-electron chi connectivity index (χ2n) is 5.66. The van der Waals surface area contributed by atoms with Crippen molar-refractivity contribution in [1.29, 1.82) is 0 Å². The predicted molar refractivity (Wildman–Crippen MR) is 74.2 cm³/mol. The van der Waals surface area contributed by atoms with E-state index in [0.717, 1.165) is 25.1 Å². The van der Waals surface area contributed by atoms with Crippen LogP contribution in [0.15, 0.2) is 24.3 Å². The van der Waals surface area contributed by atoms with E-state index in [2.05, 4.69) is 23.5 Å². The topological polar surface area (TPSA) is 38.3 Å². The summed E-state index contributed by atoms with van der Waals surface area (Å²) >= 11 is 0. The first-order chi connectivity index (χ1) is 9.29. The van der Waals surface area contributed by atoms with Crippen molar-refractivity contribution in [3.05, 3.63) is 29.8 Å². The summed E-state index contributed by atoms with van der Waals surface area (Å²) < 4.78 is 5.33. The highest BCUT2D eigenvalue weighted by atomic mass is 16.5. The first-order valence-corrected chi connectivity index (χ1v) is 7.21. The van der Waals surface area contributed by atoms with Gasteiger partial charge >= 0.3 is 0 Å². The largest absolute Gasteiger partial charge is 0.497 e. The molecule has 0 aromatic heterocycles. The smallest absolute Gasteiger partial charge is 0.223 e. The van der Waals surface area contributed by atoms with E-state index < -0.39 is 0 Å². The molecule has 0 bridgehead atoms. The van der Waals surface area contributed by atoms with Gasteiger partial charge in [-0.2, -0.15) is 0 Å². The molecule has 1 aliphatic carbocycles. The van der Waals surface area contributed by atoms with E-state index >= 15 is 0 Å². The van der Waals surface area contributed by atoms with Gasteiger partial charge in [0.2, 0.25) is 5.91 Å². The van der Waals surface area contributed by atoms with E-state index in [1.807, 2.05) is 6.07 Å². The number of carbonyl (C=O) groups excluding carboxylic acids is 1. The molecule has 3 unspecified atom stereocenters. The fraction of sp³-hybridized carbons (Fsp3) is 0.562. The van der Waals surface area contributed by atoms with Crippen LogP contribution in [0.3, 0.4) is 0 Å². The number of benzene rings is 1. The Morgan fingerprint density at radius 3 is 2.95 bits per heavy atom. The van der Waals surface area contributed by atoms with E-state index in [9.17, 15) is 4.79 Å². The van der Waals surface area contributed by atoms with Crippen molar-refractivity contribution in [2.24, 2.45) is 11.8 Å². The molecule has 0 radical (unpaired) electrons. The number of hydrogen-bond donors (Lipinski definition) is 1. The Labute approximate surface area is 114 Å². The Morgan fingerprint density at radius 1 is 1.21 bits per heavy atom. The molecule has 3 rings (SSSR count). The minimum Gasteiger partial charge on any atom is -0.497 e. The summed E-state index contributed by atoms with van der Waals surface area (Å²) in [7, 11) is 1.70. The number of hydrogen-bond acceptors (Lipinski definition) is 2. The van der Waals surface area contributed by atoms with E-state index in [4.69, 9.17) is 4.74 Å². The number of nitrogens with one attached hydrogen (secondary N) is 1. The van der Waals surface area contributed by atoms with Crippen molar-refractivity contribution in [3.63, 3.8) is 0 Å². The molecule has 1 aromatic rings. The number of ether oxygens (including phenoxy) is 1. The summed E-state index contributed by atoms with van der Waals surface area (Å²) in [4.78, 5) is 12.1. The van der Waals surface area contributed by atoms with Gasteiger partial charge < -0.3 is 10.1 Å². The van der Waals surface area contributed by atoms with Crippen LogP contribution in [0.4, 0.5) is 0 Å². The summed E-state index contributed by atoms with van der Waals surface area (Å²) in [6.07, 6.45) is 4.46. The molecule has 2 aliphatic rings. The van der Waals surface area contributed by atoms with E-state index in [0.29, 0.717) is 11.8 Å². The third-order valence-corrected chi connectivity index (χ3v) is 4.70. The summed E-state index contributed by atoms with van der Waals surface area (Å²) in [5.41, 5.74) is 1.33. The highest BCUT2D eigenvalue weighted by Crippen LogP contribution is 2.44. The van der Waals surface area contributed by atoms with Crippen LogP contribution in [-0.2, 0) is 4.79 Å². The predicted octanol–water partition coefficient (Wildman–Crippen LogP) is 2.72. The van der Waals surface area contributed by atoms with Crippen LogP contribution in [-0.4, -0.2) is 19.6 Å². The quantitative estimate of drug-likeness (QED) is 0.887. The zero-order chi connectivity index (χ0) is 13.2. The molecule has 1 saturated heterocycles. The van der Waals surface area contributed by atoms with Crippen LogP contribution >= 0.6 is 0 Å². The van der Waals surface area contributed by atoms with Gasteiger partial charge in [0, 0.05) is 12.5 Å². The van der Waals surface area contributed by atoms with Crippen LogP contribution in [0, 0.1) is 11.8 Å². The number of methoxy groups -OCH3 is 1. The molecule has 0 spiro atoms. The molecule has 19 heavy (non-hydrogen) atoms. The van der Waals surface area contributed by atoms with Gasteiger partial charge in [0.05, 0.1) is 7.11 Å². The molecule has 1 aliphatic heterocycles. The number of carbonyl (C=O) groups is 1. The third kappa shape index (κ3) is 2.34. The lowest BCUT2D eigenvalue weighted by Gasteiger charge is -2.25. The van der Waals surface area contributed by atoms with Crippen LogP contribution in [0.1, 0.15) is 37.2 Å². The molecule has 1 saturated carbocycles. The lowest BCUT2D eigenvalue weighted by molar-refractivity contribution is -0.125. The Balaban J connectivity index is 1.91. The number of fused-ring (bicyclic) bond motifs is 1. The third-order valence-electron chi connectivity index (χ3n) is 4.70. The maximum atomic E-state index is 12.1. The Morgan fingerprint density at radius 2 is 2.11 bits per heavy atom. The molecule has 1 N–H and O–H groups in total. The first kappa shape index (κ1) is 12.5. The Bertz CT molecular complexity index is 472. The lowest BCUT2D eigenvalue weighted by atomic mass is 9.78. The molecule has 1 amide bonds. The van der Waals surface area contributed by atoms with Gasteiger partial charge in [0.1, 0.15) is 5.75 Å². The van der Waals surface area contributed by atoms with Crippen molar-refractivity contribution in [1.82, 2.24) is 5.32 Å². The number of rotatable bonds is 2. The van der Waals surface area contributed by atoms with E-state index in [-0.39, 0.29) is 11.8 Å². The van der Waals surface area contributed by atoms with Crippen molar-refractivity contribution in [2.75, 3.05) is 13.7 Å². The van der Waals surface area contributed by atoms with Gasteiger partial charge in [-0.05, 0) is 48.8 Å². The highest BCUT2D eigenvalue weighted by Gasteiger charge is 2.40. The lowest BCUT2D eigenvalue weighted by Crippen LogP contribution is -2.30. The van der Waals surface area contributed by atoms with Crippen LogP contribution in [0.2, 0.25) is 0 Å². The molecular weight excluding hydrogens is 238 g/mol. The highest BCUT2D eigenvalue weighted by molar-refractivity contribution is 5.79. The maximum Gasteiger partial charge on any atom is 0.223 e. The molecule has 102 valence electrons. The summed E-state index contributed by atoms with van der Waals surface area (Å²) in [6.45, 7) is 0.799. The minimum absolute atomic E-state index is 0.221. The second kappa shape index (κ2) is 5.24. The van der Waals surface area contributed by atoms with Crippen LogP contribution < -0.4 is 10.1 Å². The maximum absolute atomic E-state index is 12.1. The first-order valence-electron chi connectivity index (χ1n) is 7.21. The van der Waals surface area contributed by atoms with Gasteiger partial charge in [0.25, 0.3) is 0 Å². The van der Waals surface area contributed by atoms with E-state index in [1.54, 1.807) is 7.11 Å². The molecule has 1 heterocycles. The van der Waals surface area contributed by atoms with Gasteiger partial charge in [-0.1, -0.05) is 18.6 Å². The fourth-order valence-corrected chi connectivity index (χ4v) is 3.78. The van der Waals surface area contributed by atoms with Crippen molar-refractivity contribution in [2.45, 2.75) is 31.6 Å². The van der Waals surface area contributed by atoms with Crippen molar-refractivity contribution >= 4 is 5.91 Å². The van der Waals surface area contributed by atoms with Gasteiger partial charge in [-0.15, -0.1) is 0 Å². The average Bonchev–Trinajstić information content (AvgIpc) is 2.87. The van der Waals surface area contributed by atoms with E-state index in [1.165, 1.54) is 18.4 Å². The SMILES string of the molecule is COc1cccc(C2CCNC(=O)C3CCCC32)c1. The summed E-state index contributed by atoms with van der Waals surface area (Å²) in [6, 6.07) is 8.35. The fourth-order valence-electron chi connectivity index (χ4n) is 3.78. The average molecular weight is 259 g/mol. The van der Waals surface area contributed by atoms with Gasteiger partial charge in [-0.3, -0.25) is 4.79 Å². The molecule has 2 fully saturated rings. The van der Waals surface area contributed by atoms with Gasteiger partial charge in [-0.25, -0.2) is 0 Å². The summed E-state index contributed by atoms with van der Waals surface area (Å²) in [5.74, 6) is 2.40. The Kier molecular flexibility index (Phi) is 3.45. The molecule has 3 atom stereocenters. The minimum atomic E-state index is 0.221. The molecule has 3 nitrogen and oxygen atoms in total. The van der Waals surface area contributed by atoms with Crippen LogP contribution in [0.5, 0.6) is 5.75 Å². The zero-order valence-corrected chi connectivity index (χ0v) is 11.4. The number of amides is 1. The normalized spacial score (nSPS) is 30.4. The molecule has 1 aromatic carbocycles. The zero-order valence-electron chi connectivity index (χ0n) is 11.4. The van der Waals surface area contributed by atoms with Crippen LogP contribution in [0.25, 0.3) is 0 Å². The van der Waals surface area contributed by atoms with Gasteiger partial charge in [0.15, 0.2) is 0 Å².